The standard InChI is InChI=1S/C24H27N3O6S/c28-21-16-8-7-15(34(32,33)14-5-2-1-3-6-14)11-17(16)19(18-12-25-18)27-20(21)22(29)26-13-24(23(30)31)9-4-10-24/h7-8,11-12,14,18,28H,1-6,9-10,13H2,(H,26,29)(H,30,31). The summed E-state index contributed by atoms with van der Waals surface area (Å²) < 4.78 is 26.5. The summed E-state index contributed by atoms with van der Waals surface area (Å²) in [7, 11) is -3.53. The van der Waals surface area contributed by atoms with Crippen LogP contribution >= 0.6 is 0 Å². The number of amides is 1. The summed E-state index contributed by atoms with van der Waals surface area (Å²) in [5.41, 5.74) is -0.802. The molecule has 0 bridgehead atoms. The number of aromatic hydroxyl groups is 1. The van der Waals surface area contributed by atoms with Gasteiger partial charge in [0.05, 0.1) is 21.3 Å². The Balaban J connectivity index is 1.49. The highest BCUT2D eigenvalue weighted by atomic mass is 32.2. The molecule has 1 atom stereocenters. The van der Waals surface area contributed by atoms with Gasteiger partial charge in [0.25, 0.3) is 5.91 Å². The fourth-order valence-electron chi connectivity index (χ4n) is 5.02. The second-order valence-electron chi connectivity index (χ2n) is 9.57. The van der Waals surface area contributed by atoms with Crippen molar-refractivity contribution in [1.29, 1.82) is 0 Å². The van der Waals surface area contributed by atoms with E-state index in [0.717, 1.165) is 25.7 Å². The maximum atomic E-state index is 13.2. The maximum Gasteiger partial charge on any atom is 0.311 e. The minimum atomic E-state index is -3.53. The molecular weight excluding hydrogens is 458 g/mol. The van der Waals surface area contributed by atoms with Crippen LogP contribution in [-0.2, 0) is 14.6 Å². The van der Waals surface area contributed by atoms with Crippen molar-refractivity contribution in [3.8, 4) is 5.75 Å². The van der Waals surface area contributed by atoms with Gasteiger partial charge in [-0.15, -0.1) is 0 Å². The topological polar surface area (TPSA) is 146 Å². The summed E-state index contributed by atoms with van der Waals surface area (Å²) in [6.07, 6.45) is 7.50. The zero-order valence-corrected chi connectivity index (χ0v) is 19.5. The van der Waals surface area contributed by atoms with Crippen molar-refractivity contribution in [3.63, 3.8) is 0 Å². The summed E-state index contributed by atoms with van der Waals surface area (Å²) in [6, 6.07) is 4.12. The minimum Gasteiger partial charge on any atom is -0.505 e. The number of carboxylic acid groups (broad SMARTS) is 1. The fraction of sp³-hybridized carbons (Fsp3) is 0.500. The van der Waals surface area contributed by atoms with E-state index < -0.39 is 32.4 Å². The van der Waals surface area contributed by atoms with Gasteiger partial charge in [-0.25, -0.2) is 13.4 Å². The third-order valence-corrected chi connectivity index (χ3v) is 9.70. The summed E-state index contributed by atoms with van der Waals surface area (Å²) in [5.74, 6) is -1.99. The van der Waals surface area contributed by atoms with Crippen LogP contribution in [0.4, 0.5) is 0 Å². The van der Waals surface area contributed by atoms with Gasteiger partial charge in [0, 0.05) is 23.5 Å². The van der Waals surface area contributed by atoms with Crippen molar-refractivity contribution in [3.05, 3.63) is 29.6 Å². The number of fused-ring (bicyclic) bond motifs is 1. The first-order valence-corrected chi connectivity index (χ1v) is 13.2. The number of nitrogens with zero attached hydrogens (tertiary/aromatic N) is 2. The lowest BCUT2D eigenvalue weighted by Crippen LogP contribution is -2.47. The second kappa shape index (κ2) is 8.33. The van der Waals surface area contributed by atoms with Gasteiger partial charge in [-0.05, 0) is 43.9 Å². The number of carbonyl (C=O) groups is 2. The number of aliphatic carboxylic acids is 1. The predicted molar refractivity (Wildman–Crippen MR) is 125 cm³/mol. The first kappa shape index (κ1) is 22.8. The van der Waals surface area contributed by atoms with Gasteiger partial charge in [-0.2, -0.15) is 0 Å². The molecule has 1 aromatic heterocycles. The van der Waals surface area contributed by atoms with E-state index in [1.54, 1.807) is 6.21 Å². The Labute approximate surface area is 197 Å². The average molecular weight is 486 g/mol. The molecule has 34 heavy (non-hydrogen) atoms. The quantitative estimate of drug-likeness (QED) is 0.546. The predicted octanol–water partition coefficient (Wildman–Crippen LogP) is 3.16. The molecule has 3 N–H and O–H groups in total. The number of aromatic nitrogens is 1. The summed E-state index contributed by atoms with van der Waals surface area (Å²) in [4.78, 5) is 33.2. The second-order valence-corrected chi connectivity index (χ2v) is 11.8. The van der Waals surface area contributed by atoms with E-state index in [1.807, 2.05) is 0 Å². The Morgan fingerprint density at radius 2 is 1.79 bits per heavy atom. The molecule has 2 heterocycles. The Morgan fingerprint density at radius 1 is 1.09 bits per heavy atom. The van der Waals surface area contributed by atoms with Crippen LogP contribution < -0.4 is 5.32 Å². The van der Waals surface area contributed by atoms with Crippen molar-refractivity contribution in [2.24, 2.45) is 10.4 Å². The van der Waals surface area contributed by atoms with E-state index in [-0.39, 0.29) is 28.9 Å². The number of benzene rings is 1. The van der Waals surface area contributed by atoms with Crippen molar-refractivity contribution < 1.29 is 28.2 Å². The third kappa shape index (κ3) is 3.83. The van der Waals surface area contributed by atoms with Crippen LogP contribution in [0.5, 0.6) is 5.75 Å². The zero-order chi connectivity index (χ0) is 24.1. The number of pyridine rings is 1. The van der Waals surface area contributed by atoms with Crippen LogP contribution in [0.3, 0.4) is 0 Å². The Hall–Kier alpha value is -3.01. The van der Waals surface area contributed by atoms with Gasteiger partial charge in [0.2, 0.25) is 0 Å². The highest BCUT2D eigenvalue weighted by Crippen LogP contribution is 2.41. The van der Waals surface area contributed by atoms with Crippen molar-refractivity contribution >= 4 is 38.7 Å². The molecular formula is C24H27N3O6S. The highest BCUT2D eigenvalue weighted by Gasteiger charge is 2.44. The lowest BCUT2D eigenvalue weighted by Gasteiger charge is -2.37. The number of aliphatic imine (C=N–C) groups is 1. The number of rotatable bonds is 7. The number of carboxylic acids is 1. The fourth-order valence-corrected chi connectivity index (χ4v) is 6.90. The molecule has 3 aliphatic rings. The van der Waals surface area contributed by atoms with E-state index in [9.17, 15) is 28.2 Å². The Morgan fingerprint density at radius 3 is 2.38 bits per heavy atom. The molecule has 1 aromatic carbocycles. The number of nitrogens with one attached hydrogen (secondary N) is 1. The number of carbonyl (C=O) groups excluding carboxylic acids is 1. The minimum absolute atomic E-state index is 0.0475. The van der Waals surface area contributed by atoms with Gasteiger partial charge in [0.1, 0.15) is 6.04 Å². The highest BCUT2D eigenvalue weighted by molar-refractivity contribution is 7.92. The number of hydrogen-bond acceptors (Lipinski definition) is 7. The number of hydrogen-bond donors (Lipinski definition) is 3. The number of sulfone groups is 1. The third-order valence-electron chi connectivity index (χ3n) is 7.44. The van der Waals surface area contributed by atoms with E-state index in [4.69, 9.17) is 0 Å². The van der Waals surface area contributed by atoms with Gasteiger partial charge < -0.3 is 15.5 Å². The van der Waals surface area contributed by atoms with E-state index in [2.05, 4.69) is 15.3 Å². The first-order valence-electron chi connectivity index (χ1n) is 11.7. The molecule has 1 aliphatic heterocycles. The van der Waals surface area contributed by atoms with Crippen LogP contribution in [0.25, 0.3) is 10.8 Å². The zero-order valence-electron chi connectivity index (χ0n) is 18.7. The molecule has 2 aromatic rings. The average Bonchev–Trinajstić information content (AvgIpc) is 3.64. The molecule has 1 amide bonds. The van der Waals surface area contributed by atoms with Crippen LogP contribution in [0.1, 0.15) is 73.6 Å². The van der Waals surface area contributed by atoms with Crippen LogP contribution in [0.2, 0.25) is 0 Å². The molecule has 180 valence electrons. The van der Waals surface area contributed by atoms with Crippen LogP contribution in [0, 0.1) is 5.41 Å². The van der Waals surface area contributed by atoms with Gasteiger partial charge in [0.15, 0.2) is 21.3 Å². The summed E-state index contributed by atoms with van der Waals surface area (Å²) in [6.45, 7) is -0.0475. The Bertz CT molecular complexity index is 1300. The van der Waals surface area contributed by atoms with Crippen molar-refractivity contribution in [1.82, 2.24) is 10.3 Å². The molecule has 2 fully saturated rings. The Kier molecular flexibility index (Phi) is 5.58. The molecule has 2 saturated carbocycles. The van der Waals surface area contributed by atoms with Crippen molar-refractivity contribution in [2.75, 3.05) is 6.54 Å². The van der Waals surface area contributed by atoms with Crippen molar-refractivity contribution in [2.45, 2.75) is 67.6 Å². The largest absolute Gasteiger partial charge is 0.505 e. The summed E-state index contributed by atoms with van der Waals surface area (Å²) >= 11 is 0. The molecule has 2 aliphatic carbocycles. The van der Waals surface area contributed by atoms with Gasteiger partial charge in [-0.1, -0.05) is 25.7 Å². The van der Waals surface area contributed by atoms with Crippen LogP contribution in [-0.4, -0.2) is 53.5 Å². The van der Waals surface area contributed by atoms with Gasteiger partial charge in [-0.3, -0.25) is 14.6 Å². The molecule has 0 saturated heterocycles. The monoisotopic (exact) mass is 485 g/mol. The van der Waals surface area contributed by atoms with Crippen LogP contribution in [0.15, 0.2) is 28.1 Å². The normalized spacial score (nSPS) is 21.7. The van der Waals surface area contributed by atoms with E-state index in [1.165, 1.54) is 18.2 Å². The molecule has 0 spiro atoms. The van der Waals surface area contributed by atoms with E-state index >= 15 is 0 Å². The first-order chi connectivity index (χ1) is 16.2. The van der Waals surface area contributed by atoms with Gasteiger partial charge >= 0.3 is 5.97 Å². The smallest absolute Gasteiger partial charge is 0.311 e. The maximum absolute atomic E-state index is 13.2. The molecule has 0 radical (unpaired) electrons. The summed E-state index contributed by atoms with van der Waals surface area (Å²) in [5, 5.41) is 23.3. The molecule has 9 nitrogen and oxygen atoms in total. The lowest BCUT2D eigenvalue weighted by molar-refractivity contribution is -0.153. The molecule has 10 heteroatoms. The lowest BCUT2D eigenvalue weighted by atomic mass is 9.69. The molecule has 1 unspecified atom stereocenters. The molecule has 5 rings (SSSR count). The SMILES string of the molecule is O=C(NCC1(C(=O)O)CCC1)c1nc(C2C=N2)c2cc(S(=O)(=O)C3CCCCC3)ccc2c1O. The van der Waals surface area contributed by atoms with E-state index in [0.29, 0.717) is 42.1 Å².